The zero-order valence-corrected chi connectivity index (χ0v) is 13.0. The molecule has 4 heterocycles. The van der Waals surface area contributed by atoms with Crippen LogP contribution in [0.4, 0.5) is 0 Å². The van der Waals surface area contributed by atoms with Crippen LogP contribution in [0.15, 0.2) is 21.3 Å². The zero-order valence-electron chi connectivity index (χ0n) is 12.2. The van der Waals surface area contributed by atoms with Crippen molar-refractivity contribution in [2.45, 2.75) is 38.9 Å². The molecule has 0 fully saturated rings. The number of fused-ring (bicyclic) bond motifs is 1. The highest BCUT2D eigenvalue weighted by atomic mass is 32.1. The molecule has 3 aromatic rings. The number of nitrogens with zero attached hydrogens (tertiary/aromatic N) is 5. The highest BCUT2D eigenvalue weighted by molar-refractivity contribution is 7.08. The Hall–Kier alpha value is -2.06. The third-order valence-electron chi connectivity index (χ3n) is 3.75. The minimum atomic E-state index is 0.352. The Kier molecular flexibility index (Phi) is 3.47. The SMILES string of the molecule is Cc1nc2n(n1)CC(NCc1nc(-c3ccsc3)no1)CC2. The van der Waals surface area contributed by atoms with Gasteiger partial charge in [0.05, 0.1) is 13.1 Å². The molecule has 1 N–H and O–H groups in total. The van der Waals surface area contributed by atoms with Crippen LogP contribution in [0.1, 0.15) is 24.0 Å². The third kappa shape index (κ3) is 2.67. The average molecular weight is 316 g/mol. The first kappa shape index (κ1) is 13.6. The van der Waals surface area contributed by atoms with Crippen molar-refractivity contribution in [2.24, 2.45) is 0 Å². The lowest BCUT2D eigenvalue weighted by Crippen LogP contribution is -2.37. The summed E-state index contributed by atoms with van der Waals surface area (Å²) < 4.78 is 7.29. The Labute approximate surface area is 131 Å². The number of aryl methyl sites for hydroxylation is 2. The molecule has 0 radical (unpaired) electrons. The van der Waals surface area contributed by atoms with E-state index in [4.69, 9.17) is 4.52 Å². The first-order valence-electron chi connectivity index (χ1n) is 7.27. The first-order valence-corrected chi connectivity index (χ1v) is 8.21. The van der Waals surface area contributed by atoms with Crippen molar-refractivity contribution in [3.8, 4) is 11.4 Å². The average Bonchev–Trinajstić information content (AvgIpc) is 3.23. The maximum absolute atomic E-state index is 5.30. The molecule has 114 valence electrons. The Balaban J connectivity index is 1.37. The van der Waals surface area contributed by atoms with Crippen molar-refractivity contribution < 1.29 is 4.52 Å². The number of thiophene rings is 1. The van der Waals surface area contributed by atoms with E-state index in [1.54, 1.807) is 11.3 Å². The van der Waals surface area contributed by atoms with E-state index in [9.17, 15) is 0 Å². The van der Waals surface area contributed by atoms with E-state index in [0.29, 0.717) is 24.3 Å². The fraction of sp³-hybridized carbons (Fsp3) is 0.429. The van der Waals surface area contributed by atoms with Crippen molar-refractivity contribution in [1.29, 1.82) is 0 Å². The fourth-order valence-electron chi connectivity index (χ4n) is 2.67. The van der Waals surface area contributed by atoms with E-state index in [2.05, 4.69) is 25.5 Å². The molecule has 22 heavy (non-hydrogen) atoms. The predicted molar refractivity (Wildman–Crippen MR) is 81.3 cm³/mol. The summed E-state index contributed by atoms with van der Waals surface area (Å²) >= 11 is 1.62. The first-order chi connectivity index (χ1) is 10.8. The summed E-state index contributed by atoms with van der Waals surface area (Å²) in [6.45, 7) is 3.34. The number of hydrogen-bond acceptors (Lipinski definition) is 7. The molecule has 3 aromatic heterocycles. The highest BCUT2D eigenvalue weighted by Gasteiger charge is 2.21. The molecule has 0 saturated carbocycles. The molecule has 0 aliphatic carbocycles. The molecule has 1 aliphatic rings. The number of rotatable bonds is 4. The maximum Gasteiger partial charge on any atom is 0.240 e. The van der Waals surface area contributed by atoms with Gasteiger partial charge in [-0.2, -0.15) is 21.4 Å². The Bertz CT molecular complexity index is 762. The summed E-state index contributed by atoms with van der Waals surface area (Å²) in [7, 11) is 0. The normalized spacial score (nSPS) is 17.6. The van der Waals surface area contributed by atoms with Crippen molar-refractivity contribution in [3.05, 3.63) is 34.4 Å². The second-order valence-corrected chi connectivity index (χ2v) is 6.18. The van der Waals surface area contributed by atoms with E-state index >= 15 is 0 Å². The van der Waals surface area contributed by atoms with Crippen LogP contribution in [-0.2, 0) is 19.5 Å². The van der Waals surface area contributed by atoms with Gasteiger partial charge in [-0.25, -0.2) is 9.67 Å². The largest absolute Gasteiger partial charge is 0.338 e. The van der Waals surface area contributed by atoms with Crippen LogP contribution in [0.5, 0.6) is 0 Å². The summed E-state index contributed by atoms with van der Waals surface area (Å²) in [6, 6.07) is 2.34. The van der Waals surface area contributed by atoms with Crippen LogP contribution in [0, 0.1) is 6.92 Å². The summed E-state index contributed by atoms with van der Waals surface area (Å²) in [5.41, 5.74) is 1.00. The summed E-state index contributed by atoms with van der Waals surface area (Å²) in [5.74, 6) is 3.18. The van der Waals surface area contributed by atoms with Gasteiger partial charge in [0, 0.05) is 23.4 Å². The van der Waals surface area contributed by atoms with Gasteiger partial charge >= 0.3 is 0 Å². The Morgan fingerprint density at radius 3 is 3.27 bits per heavy atom. The van der Waals surface area contributed by atoms with Gasteiger partial charge in [0.15, 0.2) is 0 Å². The molecule has 0 amide bonds. The van der Waals surface area contributed by atoms with Gasteiger partial charge < -0.3 is 9.84 Å². The van der Waals surface area contributed by atoms with Crippen LogP contribution in [0.3, 0.4) is 0 Å². The van der Waals surface area contributed by atoms with Crippen LogP contribution >= 0.6 is 11.3 Å². The molecule has 4 rings (SSSR count). The minimum absolute atomic E-state index is 0.352. The topological polar surface area (TPSA) is 81.7 Å². The summed E-state index contributed by atoms with van der Waals surface area (Å²) in [5, 5.41) is 15.9. The number of hydrogen-bond donors (Lipinski definition) is 1. The van der Waals surface area contributed by atoms with Gasteiger partial charge in [-0.15, -0.1) is 0 Å². The number of aromatic nitrogens is 5. The fourth-order valence-corrected chi connectivity index (χ4v) is 3.30. The molecule has 1 unspecified atom stereocenters. The molecular formula is C14H16N6OS. The maximum atomic E-state index is 5.30. The van der Waals surface area contributed by atoms with E-state index in [0.717, 1.165) is 36.6 Å². The third-order valence-corrected chi connectivity index (χ3v) is 4.44. The second-order valence-electron chi connectivity index (χ2n) is 5.40. The van der Waals surface area contributed by atoms with Crippen LogP contribution < -0.4 is 5.32 Å². The standard InChI is InChI=1S/C14H16N6OS/c1-9-16-12-3-2-11(7-20(12)18-9)15-6-13-17-14(19-21-13)10-4-5-22-8-10/h4-5,8,11,15H,2-3,6-7H2,1H3. The molecule has 1 atom stereocenters. The van der Waals surface area contributed by atoms with E-state index in [1.807, 2.05) is 28.4 Å². The molecule has 0 aromatic carbocycles. The second kappa shape index (κ2) is 5.62. The zero-order chi connectivity index (χ0) is 14.9. The molecular weight excluding hydrogens is 300 g/mol. The van der Waals surface area contributed by atoms with E-state index in [-0.39, 0.29) is 0 Å². The van der Waals surface area contributed by atoms with Crippen molar-refractivity contribution in [3.63, 3.8) is 0 Å². The molecule has 7 nitrogen and oxygen atoms in total. The lowest BCUT2D eigenvalue weighted by molar-refractivity contribution is 0.320. The van der Waals surface area contributed by atoms with Crippen LogP contribution in [0.25, 0.3) is 11.4 Å². The lowest BCUT2D eigenvalue weighted by atomic mass is 10.1. The van der Waals surface area contributed by atoms with Crippen LogP contribution in [-0.4, -0.2) is 30.9 Å². The Morgan fingerprint density at radius 2 is 2.41 bits per heavy atom. The quantitative estimate of drug-likeness (QED) is 0.790. The van der Waals surface area contributed by atoms with Gasteiger partial charge in [-0.1, -0.05) is 5.16 Å². The molecule has 0 spiro atoms. The molecule has 0 bridgehead atoms. The number of nitrogens with one attached hydrogen (secondary N) is 1. The van der Waals surface area contributed by atoms with Gasteiger partial charge in [0.1, 0.15) is 11.6 Å². The Morgan fingerprint density at radius 1 is 1.45 bits per heavy atom. The van der Waals surface area contributed by atoms with Crippen molar-refractivity contribution >= 4 is 11.3 Å². The minimum Gasteiger partial charge on any atom is -0.338 e. The molecule has 8 heteroatoms. The van der Waals surface area contributed by atoms with Gasteiger partial charge in [0.25, 0.3) is 0 Å². The van der Waals surface area contributed by atoms with E-state index < -0.39 is 0 Å². The summed E-state index contributed by atoms with van der Waals surface area (Å²) in [6.07, 6.45) is 1.99. The molecule has 1 aliphatic heterocycles. The van der Waals surface area contributed by atoms with Gasteiger partial charge in [0.2, 0.25) is 11.7 Å². The van der Waals surface area contributed by atoms with Gasteiger partial charge in [-0.3, -0.25) is 0 Å². The smallest absolute Gasteiger partial charge is 0.240 e. The van der Waals surface area contributed by atoms with Gasteiger partial charge in [-0.05, 0) is 24.8 Å². The predicted octanol–water partition coefficient (Wildman–Crippen LogP) is 1.80. The van der Waals surface area contributed by atoms with Crippen molar-refractivity contribution in [1.82, 2.24) is 30.2 Å². The molecule has 0 saturated heterocycles. The highest BCUT2D eigenvalue weighted by Crippen LogP contribution is 2.19. The summed E-state index contributed by atoms with van der Waals surface area (Å²) in [4.78, 5) is 8.84. The van der Waals surface area contributed by atoms with Crippen LogP contribution in [0.2, 0.25) is 0 Å². The monoisotopic (exact) mass is 316 g/mol. The van der Waals surface area contributed by atoms with E-state index in [1.165, 1.54) is 0 Å². The van der Waals surface area contributed by atoms with Crippen molar-refractivity contribution in [2.75, 3.05) is 0 Å². The lowest BCUT2D eigenvalue weighted by Gasteiger charge is -2.22.